The monoisotopic (exact) mass is 410 g/mol. The van der Waals surface area contributed by atoms with Crippen LogP contribution in [0.15, 0.2) is 60.8 Å². The Morgan fingerprint density at radius 3 is 2.50 bits per heavy atom. The van der Waals surface area contributed by atoms with E-state index in [9.17, 15) is 13.2 Å². The number of alkyl halides is 3. The van der Waals surface area contributed by atoms with Crippen molar-refractivity contribution in [2.45, 2.75) is 13.1 Å². The lowest BCUT2D eigenvalue weighted by Gasteiger charge is -2.09. The highest BCUT2D eigenvalue weighted by atomic mass is 19.4. The molecule has 0 radical (unpaired) electrons. The first-order valence-corrected chi connectivity index (χ1v) is 8.91. The fourth-order valence-corrected chi connectivity index (χ4v) is 3.10. The third-order valence-corrected chi connectivity index (χ3v) is 4.44. The molecular formula is C20H13F3N6O. The van der Waals surface area contributed by atoms with E-state index in [0.29, 0.717) is 11.4 Å². The molecule has 0 saturated heterocycles. The van der Waals surface area contributed by atoms with Gasteiger partial charge in [0.25, 0.3) is 11.6 Å². The van der Waals surface area contributed by atoms with Crippen molar-refractivity contribution in [2.24, 2.45) is 0 Å². The number of halogens is 3. The fourth-order valence-electron chi connectivity index (χ4n) is 3.10. The number of para-hydroxylation sites is 1. The number of hydrogen-bond acceptors (Lipinski definition) is 5. The Balaban J connectivity index is 1.49. The Morgan fingerprint density at radius 2 is 1.73 bits per heavy atom. The van der Waals surface area contributed by atoms with E-state index in [2.05, 4.69) is 20.2 Å². The number of ether oxygens (including phenoxy) is 1. The van der Waals surface area contributed by atoms with Gasteiger partial charge in [-0.2, -0.15) is 27.8 Å². The number of benzene rings is 2. The first kappa shape index (κ1) is 18.1. The predicted molar refractivity (Wildman–Crippen MR) is 102 cm³/mol. The summed E-state index contributed by atoms with van der Waals surface area (Å²) in [6.45, 7) is 1.64. The molecule has 0 aliphatic rings. The van der Waals surface area contributed by atoms with Crippen molar-refractivity contribution < 1.29 is 17.9 Å². The fraction of sp³-hybridized carbons (Fsp3) is 0.100. The van der Waals surface area contributed by atoms with Gasteiger partial charge in [0, 0.05) is 17.1 Å². The molecule has 0 amide bonds. The molecular weight excluding hydrogens is 397 g/mol. The molecule has 0 aliphatic heterocycles. The highest BCUT2D eigenvalue weighted by molar-refractivity contribution is 5.80. The zero-order chi connectivity index (χ0) is 20.9. The zero-order valence-corrected chi connectivity index (χ0v) is 15.5. The molecule has 0 atom stereocenters. The number of aryl methyl sites for hydroxylation is 1. The number of aromatic nitrogens is 6. The van der Waals surface area contributed by atoms with Crippen molar-refractivity contribution >= 4 is 16.7 Å². The van der Waals surface area contributed by atoms with Crippen molar-refractivity contribution in [2.75, 3.05) is 0 Å². The summed E-state index contributed by atoms with van der Waals surface area (Å²) in [5.41, 5.74) is 2.23. The van der Waals surface area contributed by atoms with Crippen LogP contribution in [0.2, 0.25) is 0 Å². The van der Waals surface area contributed by atoms with Gasteiger partial charge in [0.15, 0.2) is 0 Å². The summed E-state index contributed by atoms with van der Waals surface area (Å²) < 4.78 is 47.4. The first-order chi connectivity index (χ1) is 14.4. The molecule has 7 nitrogen and oxygen atoms in total. The number of nitrogens with zero attached hydrogens (tertiary/aromatic N) is 6. The molecule has 0 bridgehead atoms. The molecule has 0 aliphatic carbocycles. The van der Waals surface area contributed by atoms with Gasteiger partial charge < -0.3 is 4.74 Å². The van der Waals surface area contributed by atoms with Gasteiger partial charge in [-0.05, 0) is 37.3 Å². The summed E-state index contributed by atoms with van der Waals surface area (Å²) >= 11 is 0. The van der Waals surface area contributed by atoms with E-state index in [1.54, 1.807) is 29.9 Å². The van der Waals surface area contributed by atoms with E-state index < -0.39 is 12.0 Å². The summed E-state index contributed by atoms with van der Waals surface area (Å²) in [5.74, 6) is -0.952. The highest BCUT2D eigenvalue weighted by Crippen LogP contribution is 2.29. The summed E-state index contributed by atoms with van der Waals surface area (Å²) in [6.07, 6.45) is -2.90. The van der Waals surface area contributed by atoms with Crippen LogP contribution < -0.4 is 4.74 Å². The average molecular weight is 410 g/mol. The molecule has 0 spiro atoms. The Labute approximate surface area is 167 Å². The molecule has 3 aromatic heterocycles. The summed E-state index contributed by atoms with van der Waals surface area (Å²) in [4.78, 5) is 7.43. The van der Waals surface area contributed by atoms with Crippen molar-refractivity contribution in [1.29, 1.82) is 0 Å². The van der Waals surface area contributed by atoms with E-state index >= 15 is 0 Å². The second kappa shape index (κ2) is 6.55. The molecule has 5 rings (SSSR count). The number of fused-ring (bicyclic) bond motifs is 2. The van der Waals surface area contributed by atoms with Crippen molar-refractivity contribution in [3.63, 3.8) is 0 Å². The molecule has 10 heteroatoms. The van der Waals surface area contributed by atoms with Crippen LogP contribution in [0.1, 0.15) is 11.5 Å². The Kier molecular flexibility index (Phi) is 3.95. The van der Waals surface area contributed by atoms with Crippen molar-refractivity contribution in [3.05, 3.63) is 72.3 Å². The minimum Gasteiger partial charge on any atom is -0.439 e. The smallest absolute Gasteiger partial charge is 0.439 e. The van der Waals surface area contributed by atoms with E-state index in [1.807, 2.05) is 36.4 Å². The molecule has 0 N–H and O–H groups in total. The number of hydrogen-bond donors (Lipinski definition) is 0. The minimum atomic E-state index is -4.67. The molecule has 2 aromatic carbocycles. The van der Waals surface area contributed by atoms with Crippen LogP contribution in [-0.4, -0.2) is 29.4 Å². The predicted octanol–water partition coefficient (Wildman–Crippen LogP) is 4.58. The van der Waals surface area contributed by atoms with Crippen molar-refractivity contribution in [3.8, 4) is 17.3 Å². The van der Waals surface area contributed by atoms with Gasteiger partial charge >= 0.3 is 6.18 Å². The summed E-state index contributed by atoms with van der Waals surface area (Å²) in [5, 5.41) is 8.90. The molecule has 0 fully saturated rings. The van der Waals surface area contributed by atoms with Crippen LogP contribution in [0.4, 0.5) is 13.2 Å². The minimum absolute atomic E-state index is 0.0813. The highest BCUT2D eigenvalue weighted by Gasteiger charge is 2.37. The van der Waals surface area contributed by atoms with Crippen LogP contribution in [-0.2, 0) is 6.18 Å². The largest absolute Gasteiger partial charge is 0.453 e. The van der Waals surface area contributed by atoms with E-state index in [-0.39, 0.29) is 11.7 Å². The van der Waals surface area contributed by atoms with E-state index in [1.165, 1.54) is 6.07 Å². The van der Waals surface area contributed by atoms with Crippen LogP contribution in [0.5, 0.6) is 11.6 Å². The van der Waals surface area contributed by atoms with Gasteiger partial charge in [-0.15, -0.1) is 5.10 Å². The lowest BCUT2D eigenvalue weighted by Crippen LogP contribution is -2.07. The van der Waals surface area contributed by atoms with Crippen LogP contribution >= 0.6 is 0 Å². The topological polar surface area (TPSA) is 70.1 Å². The Morgan fingerprint density at radius 1 is 0.967 bits per heavy atom. The normalized spacial score (nSPS) is 12.0. The van der Waals surface area contributed by atoms with E-state index in [0.717, 1.165) is 21.1 Å². The first-order valence-electron chi connectivity index (χ1n) is 8.91. The molecule has 150 valence electrons. The Bertz CT molecular complexity index is 1370. The second-order valence-corrected chi connectivity index (χ2v) is 6.59. The summed E-state index contributed by atoms with van der Waals surface area (Å²) in [7, 11) is 0. The SMILES string of the molecule is Cc1cc(Oc2ccc(-n3ncc4ccccc43)cc2)n2nc(C(F)(F)F)nc2n1. The number of rotatable bonds is 3. The van der Waals surface area contributed by atoms with Gasteiger partial charge in [-0.3, -0.25) is 0 Å². The maximum Gasteiger partial charge on any atom is 0.453 e. The van der Waals surface area contributed by atoms with Gasteiger partial charge in [0.05, 0.1) is 17.4 Å². The van der Waals surface area contributed by atoms with Crippen LogP contribution in [0, 0.1) is 6.92 Å². The van der Waals surface area contributed by atoms with Gasteiger partial charge in [-0.25, -0.2) is 9.67 Å². The lowest BCUT2D eigenvalue weighted by atomic mass is 10.2. The standard InChI is InChI=1S/C20H13F3N6O/c1-12-10-17(29-19(25-12)26-18(27-29)20(21,22)23)30-15-8-6-14(7-9-15)28-16-5-3-2-4-13(16)11-24-28/h2-11H,1H3. The lowest BCUT2D eigenvalue weighted by molar-refractivity contribution is -0.144. The molecule has 3 heterocycles. The summed E-state index contributed by atoms with van der Waals surface area (Å²) in [6, 6.07) is 16.3. The van der Waals surface area contributed by atoms with Gasteiger partial charge in [0.1, 0.15) is 5.75 Å². The van der Waals surface area contributed by atoms with Gasteiger partial charge in [-0.1, -0.05) is 18.2 Å². The van der Waals surface area contributed by atoms with Gasteiger partial charge in [0.2, 0.25) is 5.88 Å². The zero-order valence-electron chi connectivity index (χ0n) is 15.5. The average Bonchev–Trinajstić information content (AvgIpc) is 3.33. The molecule has 5 aromatic rings. The quantitative estimate of drug-likeness (QED) is 0.435. The molecule has 0 unspecified atom stereocenters. The second-order valence-electron chi connectivity index (χ2n) is 6.59. The third-order valence-electron chi connectivity index (χ3n) is 4.44. The van der Waals surface area contributed by atoms with E-state index in [4.69, 9.17) is 4.74 Å². The van der Waals surface area contributed by atoms with Crippen LogP contribution in [0.3, 0.4) is 0 Å². The Hall–Kier alpha value is -3.95. The maximum absolute atomic E-state index is 13.0. The third kappa shape index (κ3) is 3.11. The van der Waals surface area contributed by atoms with Crippen molar-refractivity contribution in [1.82, 2.24) is 29.4 Å². The molecule has 30 heavy (non-hydrogen) atoms. The maximum atomic E-state index is 13.0. The van der Waals surface area contributed by atoms with Crippen LogP contribution in [0.25, 0.3) is 22.4 Å². The molecule has 0 saturated carbocycles.